The molecule has 21 heavy (non-hydrogen) atoms. The van der Waals surface area contributed by atoms with Crippen molar-refractivity contribution in [2.45, 2.75) is 11.8 Å². The highest BCUT2D eigenvalue weighted by atomic mass is 32.2. The molecule has 0 amide bonds. The quantitative estimate of drug-likeness (QED) is 0.947. The minimum atomic E-state index is -4.03. The van der Waals surface area contributed by atoms with Gasteiger partial charge in [-0.25, -0.2) is 17.2 Å². The smallest absolute Gasteiger partial charge is 0.262 e. The lowest BCUT2D eigenvalue weighted by Crippen LogP contribution is -2.14. The van der Waals surface area contributed by atoms with Gasteiger partial charge in [-0.15, -0.1) is 0 Å². The zero-order valence-electron chi connectivity index (χ0n) is 10.9. The van der Waals surface area contributed by atoms with Gasteiger partial charge in [0.1, 0.15) is 17.7 Å². The lowest BCUT2D eigenvalue weighted by molar-refractivity contribution is 0.594. The number of rotatable bonds is 3. The van der Waals surface area contributed by atoms with Crippen LogP contribution in [0.25, 0.3) is 0 Å². The fourth-order valence-corrected chi connectivity index (χ4v) is 3.05. The molecule has 0 atom stereocenters. The van der Waals surface area contributed by atoms with Gasteiger partial charge >= 0.3 is 0 Å². The van der Waals surface area contributed by atoms with E-state index < -0.39 is 21.7 Å². The molecule has 2 aromatic rings. The maximum Gasteiger partial charge on any atom is 0.262 e. The Labute approximate surface area is 120 Å². The van der Waals surface area contributed by atoms with E-state index in [1.54, 1.807) is 6.07 Å². The summed E-state index contributed by atoms with van der Waals surface area (Å²) in [5.74, 6) is -1.43. The zero-order chi connectivity index (χ0) is 15.6. The molecule has 0 bridgehead atoms. The van der Waals surface area contributed by atoms with Crippen molar-refractivity contribution in [2.75, 3.05) is 4.72 Å². The first kappa shape index (κ1) is 14.9. The number of sulfonamides is 1. The van der Waals surface area contributed by atoms with Gasteiger partial charge in [0.2, 0.25) is 0 Å². The van der Waals surface area contributed by atoms with Gasteiger partial charge in [-0.2, -0.15) is 5.26 Å². The van der Waals surface area contributed by atoms with Crippen LogP contribution < -0.4 is 4.72 Å². The molecule has 0 saturated carbocycles. The molecule has 1 N–H and O–H groups in total. The van der Waals surface area contributed by atoms with Crippen LogP contribution in [0.3, 0.4) is 0 Å². The maximum atomic E-state index is 13.2. The van der Waals surface area contributed by atoms with Gasteiger partial charge in [-0.3, -0.25) is 4.72 Å². The summed E-state index contributed by atoms with van der Waals surface area (Å²) in [5.41, 5.74) is 0.106. The van der Waals surface area contributed by atoms with E-state index in [1.807, 2.05) is 0 Å². The summed E-state index contributed by atoms with van der Waals surface area (Å²) in [6, 6.07) is 8.24. The highest BCUT2D eigenvalue weighted by Gasteiger charge is 2.18. The maximum absolute atomic E-state index is 13.2. The number of hydrogen-bond acceptors (Lipinski definition) is 3. The molecule has 4 nitrogen and oxygen atoms in total. The molecular weight excluding hydrogens is 298 g/mol. The number of nitriles is 1. The second-order valence-electron chi connectivity index (χ2n) is 4.32. The summed E-state index contributed by atoms with van der Waals surface area (Å²) in [4.78, 5) is -0.217. The van der Waals surface area contributed by atoms with E-state index in [9.17, 15) is 17.2 Å². The van der Waals surface area contributed by atoms with Crippen molar-refractivity contribution in [3.05, 3.63) is 59.2 Å². The molecule has 2 aromatic carbocycles. The first-order chi connectivity index (χ1) is 9.83. The summed E-state index contributed by atoms with van der Waals surface area (Å²) < 4.78 is 53.0. The van der Waals surface area contributed by atoms with Gasteiger partial charge in [-0.05, 0) is 42.8 Å². The third-order valence-electron chi connectivity index (χ3n) is 2.78. The minimum absolute atomic E-state index is 0.0246. The van der Waals surface area contributed by atoms with Crippen LogP contribution in [0, 0.1) is 29.9 Å². The van der Waals surface area contributed by atoms with Crippen LogP contribution in [-0.2, 0) is 10.0 Å². The third kappa shape index (κ3) is 3.17. The van der Waals surface area contributed by atoms with Gasteiger partial charge in [0.15, 0.2) is 0 Å². The minimum Gasteiger partial charge on any atom is -0.280 e. The molecule has 0 fully saturated rings. The normalized spacial score (nSPS) is 11.0. The van der Waals surface area contributed by atoms with Crippen LogP contribution in [0.15, 0.2) is 41.3 Å². The number of halogens is 2. The second kappa shape index (κ2) is 5.50. The number of aryl methyl sites for hydroxylation is 1. The van der Waals surface area contributed by atoms with Crippen LogP contribution in [0.1, 0.15) is 11.1 Å². The number of benzene rings is 2. The molecule has 0 saturated heterocycles. The Morgan fingerprint density at radius 3 is 2.52 bits per heavy atom. The summed E-state index contributed by atoms with van der Waals surface area (Å²) >= 11 is 0. The van der Waals surface area contributed by atoms with Crippen molar-refractivity contribution >= 4 is 15.7 Å². The van der Waals surface area contributed by atoms with Crippen molar-refractivity contribution in [3.63, 3.8) is 0 Å². The van der Waals surface area contributed by atoms with Crippen LogP contribution in [-0.4, -0.2) is 8.42 Å². The molecule has 7 heteroatoms. The molecule has 0 aliphatic rings. The summed E-state index contributed by atoms with van der Waals surface area (Å²) in [7, 11) is -4.03. The molecule has 0 spiro atoms. The van der Waals surface area contributed by atoms with E-state index in [1.165, 1.54) is 19.1 Å². The first-order valence-corrected chi connectivity index (χ1v) is 7.30. The molecule has 0 aliphatic carbocycles. The molecule has 0 aliphatic heterocycles. The van der Waals surface area contributed by atoms with Crippen LogP contribution >= 0.6 is 0 Å². The number of hydrogen-bond donors (Lipinski definition) is 1. The lowest BCUT2D eigenvalue weighted by Gasteiger charge is -2.10. The van der Waals surface area contributed by atoms with Crippen LogP contribution in [0.4, 0.5) is 14.5 Å². The topological polar surface area (TPSA) is 70.0 Å². The molecule has 0 unspecified atom stereocenters. The summed E-state index contributed by atoms with van der Waals surface area (Å²) in [5, 5.41) is 8.72. The molecular formula is C14H10F2N2O2S. The molecule has 0 aromatic heterocycles. The van der Waals surface area contributed by atoms with E-state index >= 15 is 0 Å². The Kier molecular flexibility index (Phi) is 3.91. The number of anilines is 1. The van der Waals surface area contributed by atoms with E-state index in [0.29, 0.717) is 5.56 Å². The Morgan fingerprint density at radius 1 is 1.14 bits per heavy atom. The average Bonchev–Trinajstić information content (AvgIpc) is 2.43. The van der Waals surface area contributed by atoms with Crippen molar-refractivity contribution in [1.82, 2.24) is 0 Å². The second-order valence-corrected chi connectivity index (χ2v) is 5.97. The number of nitrogens with one attached hydrogen (secondary N) is 1. The highest BCUT2D eigenvalue weighted by molar-refractivity contribution is 7.92. The van der Waals surface area contributed by atoms with Crippen LogP contribution in [0.5, 0.6) is 0 Å². The molecule has 108 valence electrons. The van der Waals surface area contributed by atoms with E-state index in [0.717, 1.165) is 24.3 Å². The standard InChI is InChI=1S/C14H10F2N2O2S/c1-9-2-3-11(15)7-14(9)21(19,20)18-12-4-5-13(16)10(6-12)8-17/h2-7,18H,1H3. The Morgan fingerprint density at radius 2 is 1.86 bits per heavy atom. The zero-order valence-corrected chi connectivity index (χ0v) is 11.7. The van der Waals surface area contributed by atoms with Gasteiger partial charge in [0.05, 0.1) is 16.1 Å². The number of nitrogens with zero attached hydrogens (tertiary/aromatic N) is 1. The summed E-state index contributed by atoms with van der Waals surface area (Å²) in [6.45, 7) is 1.53. The Bertz CT molecular complexity index is 843. The van der Waals surface area contributed by atoms with Gasteiger partial charge in [-0.1, -0.05) is 6.07 Å². The van der Waals surface area contributed by atoms with E-state index in [4.69, 9.17) is 5.26 Å². The Hall–Kier alpha value is -2.46. The van der Waals surface area contributed by atoms with Crippen molar-refractivity contribution in [1.29, 1.82) is 5.26 Å². The van der Waals surface area contributed by atoms with Crippen LogP contribution in [0.2, 0.25) is 0 Å². The van der Waals surface area contributed by atoms with E-state index in [-0.39, 0.29) is 16.1 Å². The highest BCUT2D eigenvalue weighted by Crippen LogP contribution is 2.21. The fraction of sp³-hybridized carbons (Fsp3) is 0.0714. The predicted octanol–water partition coefficient (Wildman–Crippen LogP) is 2.95. The SMILES string of the molecule is Cc1ccc(F)cc1S(=O)(=O)Nc1ccc(F)c(C#N)c1. The first-order valence-electron chi connectivity index (χ1n) is 5.82. The van der Waals surface area contributed by atoms with Crippen molar-refractivity contribution < 1.29 is 17.2 Å². The monoisotopic (exact) mass is 308 g/mol. The molecule has 0 radical (unpaired) electrons. The summed E-state index contributed by atoms with van der Waals surface area (Å²) in [6.07, 6.45) is 0. The van der Waals surface area contributed by atoms with Gasteiger partial charge < -0.3 is 0 Å². The van der Waals surface area contributed by atoms with Gasteiger partial charge in [0.25, 0.3) is 10.0 Å². The molecule has 2 rings (SSSR count). The third-order valence-corrected chi connectivity index (χ3v) is 4.30. The fourth-order valence-electron chi connectivity index (χ4n) is 1.75. The largest absolute Gasteiger partial charge is 0.280 e. The average molecular weight is 308 g/mol. The Balaban J connectivity index is 2.43. The molecule has 0 heterocycles. The lowest BCUT2D eigenvalue weighted by atomic mass is 10.2. The predicted molar refractivity (Wildman–Crippen MR) is 73.1 cm³/mol. The van der Waals surface area contributed by atoms with Crippen molar-refractivity contribution in [3.8, 4) is 6.07 Å². The van der Waals surface area contributed by atoms with Crippen molar-refractivity contribution in [2.24, 2.45) is 0 Å². The van der Waals surface area contributed by atoms with Gasteiger partial charge in [0, 0.05) is 0 Å². The van der Waals surface area contributed by atoms with E-state index in [2.05, 4.69) is 4.72 Å².